The van der Waals surface area contributed by atoms with E-state index < -0.39 is 14.0 Å². The first-order chi connectivity index (χ1) is 15.0. The standard InChI is InChI=1S/C21H28ClN3S/c1-23(2)12-6-13-24(3)14-7-15-25-18-8-4-5-9-20(18)26-21-11-10-17(22)16-19(21)25/h4-5,8-11,16H,6-7,12-15H2,1-3H3/i1D3,2D3. The number of fused-ring (bicyclic) bond motifs is 2. The minimum atomic E-state index is -2.63. The summed E-state index contributed by atoms with van der Waals surface area (Å²) in [5.74, 6) is 0. The van der Waals surface area contributed by atoms with Crippen molar-refractivity contribution in [3.63, 3.8) is 0 Å². The van der Waals surface area contributed by atoms with E-state index in [0.29, 0.717) is 22.9 Å². The highest BCUT2D eigenvalue weighted by molar-refractivity contribution is 7.99. The first-order valence-corrected chi connectivity index (χ1v) is 9.96. The maximum Gasteiger partial charge on any atom is 0.0567 e. The molecule has 0 atom stereocenters. The second-order valence-electron chi connectivity index (χ2n) is 6.50. The fourth-order valence-corrected chi connectivity index (χ4v) is 4.40. The van der Waals surface area contributed by atoms with E-state index in [-0.39, 0.29) is 6.54 Å². The van der Waals surface area contributed by atoms with Crippen molar-refractivity contribution in [3.8, 4) is 0 Å². The Balaban J connectivity index is 1.56. The van der Waals surface area contributed by atoms with E-state index in [4.69, 9.17) is 19.8 Å². The van der Waals surface area contributed by atoms with Crippen molar-refractivity contribution in [2.45, 2.75) is 22.6 Å². The zero-order chi connectivity index (χ0) is 23.5. The van der Waals surface area contributed by atoms with Crippen LogP contribution in [0, 0.1) is 0 Å². The van der Waals surface area contributed by atoms with Gasteiger partial charge in [-0.2, -0.15) is 0 Å². The van der Waals surface area contributed by atoms with Crippen LogP contribution in [0.3, 0.4) is 0 Å². The van der Waals surface area contributed by atoms with Gasteiger partial charge in [0.25, 0.3) is 0 Å². The number of hydrogen-bond acceptors (Lipinski definition) is 4. The summed E-state index contributed by atoms with van der Waals surface area (Å²) in [6.07, 6.45) is 1.36. The molecule has 0 bridgehead atoms. The number of halogens is 1. The summed E-state index contributed by atoms with van der Waals surface area (Å²) in [5.41, 5.74) is 2.27. The SMILES string of the molecule is [2H]C([2H])([2H])N(CCCN(C)CCCN1c2ccccc2Sc2ccc(Cl)cc21)C([2H])([2H])[2H]. The molecule has 26 heavy (non-hydrogen) atoms. The molecule has 3 nitrogen and oxygen atoms in total. The molecule has 0 amide bonds. The van der Waals surface area contributed by atoms with Crippen LogP contribution in [-0.2, 0) is 0 Å². The second kappa shape index (κ2) is 9.14. The first kappa shape index (κ1) is 13.1. The van der Waals surface area contributed by atoms with Crippen LogP contribution < -0.4 is 4.90 Å². The summed E-state index contributed by atoms with van der Waals surface area (Å²) in [5, 5.41) is 0.707. The van der Waals surface area contributed by atoms with Crippen molar-refractivity contribution in [2.75, 3.05) is 52.1 Å². The van der Waals surface area contributed by atoms with Crippen molar-refractivity contribution in [1.29, 1.82) is 0 Å². The Morgan fingerprint density at radius 1 is 1.00 bits per heavy atom. The Morgan fingerprint density at radius 3 is 2.62 bits per heavy atom. The number of benzene rings is 2. The maximum absolute atomic E-state index is 7.46. The minimum Gasteiger partial charge on any atom is -0.340 e. The van der Waals surface area contributed by atoms with Crippen molar-refractivity contribution < 1.29 is 8.22 Å². The van der Waals surface area contributed by atoms with Gasteiger partial charge in [-0.05, 0) is 83.8 Å². The van der Waals surface area contributed by atoms with Crippen LogP contribution in [0.15, 0.2) is 52.3 Å². The average molecular weight is 396 g/mol. The number of rotatable bonds is 8. The fraction of sp³-hybridized carbons (Fsp3) is 0.429. The molecule has 0 saturated carbocycles. The Kier molecular flexibility index (Phi) is 4.59. The molecule has 1 aliphatic rings. The molecule has 1 aliphatic heterocycles. The third kappa shape index (κ3) is 4.95. The molecule has 5 heteroatoms. The summed E-state index contributed by atoms with van der Waals surface area (Å²) >= 11 is 8.02. The molecule has 140 valence electrons. The molecule has 3 rings (SSSR count). The molecule has 0 unspecified atom stereocenters. The van der Waals surface area contributed by atoms with Gasteiger partial charge in [-0.15, -0.1) is 0 Å². The molecule has 0 radical (unpaired) electrons. The lowest BCUT2D eigenvalue weighted by Gasteiger charge is -2.33. The van der Waals surface area contributed by atoms with Crippen LogP contribution in [0.4, 0.5) is 11.4 Å². The van der Waals surface area contributed by atoms with E-state index in [0.717, 1.165) is 25.2 Å². The predicted octanol–water partition coefficient (Wildman–Crippen LogP) is 5.22. The van der Waals surface area contributed by atoms with Crippen LogP contribution >= 0.6 is 23.4 Å². The van der Waals surface area contributed by atoms with Crippen molar-refractivity contribution >= 4 is 34.7 Å². The topological polar surface area (TPSA) is 9.72 Å². The average Bonchev–Trinajstić information content (AvgIpc) is 2.69. The van der Waals surface area contributed by atoms with Crippen molar-refractivity contribution in [1.82, 2.24) is 9.80 Å². The molecule has 0 spiro atoms. The normalized spacial score (nSPS) is 17.6. The van der Waals surface area contributed by atoms with E-state index in [1.165, 1.54) is 15.5 Å². The molecule has 1 heterocycles. The maximum atomic E-state index is 7.46. The van der Waals surface area contributed by atoms with Crippen LogP contribution in [0.1, 0.15) is 21.1 Å². The highest BCUT2D eigenvalue weighted by Gasteiger charge is 2.23. The van der Waals surface area contributed by atoms with Gasteiger partial charge >= 0.3 is 0 Å². The summed E-state index contributed by atoms with van der Waals surface area (Å²) in [4.78, 5) is 7.42. The molecule has 0 aromatic heterocycles. The molecule has 0 aliphatic carbocycles. The summed E-state index contributed by atoms with van der Waals surface area (Å²) in [6, 6.07) is 14.3. The second-order valence-corrected chi connectivity index (χ2v) is 8.02. The number of para-hydroxylation sites is 1. The van der Waals surface area contributed by atoms with Gasteiger partial charge < -0.3 is 14.7 Å². The van der Waals surface area contributed by atoms with Gasteiger partial charge in [-0.25, -0.2) is 0 Å². The van der Waals surface area contributed by atoms with E-state index in [1.54, 1.807) is 11.8 Å². The van der Waals surface area contributed by atoms with Gasteiger partial charge in [0.2, 0.25) is 0 Å². The lowest BCUT2D eigenvalue weighted by atomic mass is 10.2. The largest absolute Gasteiger partial charge is 0.340 e. The number of hydrogen-bond donors (Lipinski definition) is 0. The lowest BCUT2D eigenvalue weighted by Crippen LogP contribution is -2.28. The van der Waals surface area contributed by atoms with E-state index >= 15 is 0 Å². The number of nitrogens with zero attached hydrogens (tertiary/aromatic N) is 3. The van der Waals surface area contributed by atoms with Gasteiger partial charge in [0.1, 0.15) is 0 Å². The van der Waals surface area contributed by atoms with E-state index in [2.05, 4.69) is 28.0 Å². The van der Waals surface area contributed by atoms with Gasteiger partial charge in [0.15, 0.2) is 0 Å². The first-order valence-electron chi connectivity index (χ1n) is 11.8. The Morgan fingerprint density at radius 2 is 1.77 bits per heavy atom. The molecule has 0 saturated heterocycles. The Bertz CT molecular complexity index is 907. The molecule has 0 fully saturated rings. The van der Waals surface area contributed by atoms with Crippen LogP contribution in [0.25, 0.3) is 0 Å². The van der Waals surface area contributed by atoms with Crippen LogP contribution in [0.5, 0.6) is 0 Å². The quantitative estimate of drug-likeness (QED) is 0.606. The molecule has 2 aromatic carbocycles. The number of anilines is 2. The predicted molar refractivity (Wildman–Crippen MR) is 114 cm³/mol. The fourth-order valence-electron chi connectivity index (χ4n) is 3.15. The van der Waals surface area contributed by atoms with Crippen molar-refractivity contribution in [2.24, 2.45) is 0 Å². The Labute approximate surface area is 175 Å². The summed E-state index contributed by atoms with van der Waals surface area (Å²) in [6.45, 7) is -3.01. The monoisotopic (exact) mass is 395 g/mol. The highest BCUT2D eigenvalue weighted by Crippen LogP contribution is 2.48. The van der Waals surface area contributed by atoms with Crippen molar-refractivity contribution in [3.05, 3.63) is 47.5 Å². The molecular weight excluding hydrogens is 362 g/mol. The zero-order valence-electron chi connectivity index (χ0n) is 20.9. The van der Waals surface area contributed by atoms with E-state index in [1.807, 2.05) is 31.3 Å². The van der Waals surface area contributed by atoms with Crippen LogP contribution in [-0.4, -0.2) is 57.0 Å². The molecular formula is C21H28ClN3S. The van der Waals surface area contributed by atoms with Gasteiger partial charge in [-0.1, -0.05) is 35.5 Å². The molecule has 2 aromatic rings. The van der Waals surface area contributed by atoms with Gasteiger partial charge in [0.05, 0.1) is 11.4 Å². The third-order valence-corrected chi connectivity index (χ3v) is 5.80. The van der Waals surface area contributed by atoms with Gasteiger partial charge in [0, 0.05) is 29.6 Å². The van der Waals surface area contributed by atoms with E-state index in [9.17, 15) is 0 Å². The highest BCUT2D eigenvalue weighted by atomic mass is 35.5. The minimum absolute atomic E-state index is 0.0000616. The third-order valence-electron chi connectivity index (χ3n) is 4.43. The summed E-state index contributed by atoms with van der Waals surface area (Å²) in [7, 11) is 1.97. The molecule has 0 N–H and O–H groups in total. The zero-order valence-corrected chi connectivity index (χ0v) is 16.5. The lowest BCUT2D eigenvalue weighted by molar-refractivity contribution is 0.298. The summed E-state index contributed by atoms with van der Waals surface area (Å²) < 4.78 is 44.7. The Hall–Kier alpha value is -1.20. The van der Waals surface area contributed by atoms with Gasteiger partial charge in [-0.3, -0.25) is 0 Å². The van der Waals surface area contributed by atoms with Crippen LogP contribution in [0.2, 0.25) is 5.02 Å². The smallest absolute Gasteiger partial charge is 0.0567 e.